The van der Waals surface area contributed by atoms with Crippen LogP contribution in [0.3, 0.4) is 0 Å². The number of unbranched alkanes of at least 4 members (excludes halogenated alkanes) is 3. The van der Waals surface area contributed by atoms with Gasteiger partial charge >= 0.3 is 0 Å². The van der Waals surface area contributed by atoms with Gasteiger partial charge in [0.25, 0.3) is 0 Å². The fraction of sp³-hybridized carbons (Fsp3) is 0.933. The summed E-state index contributed by atoms with van der Waals surface area (Å²) in [5.41, 5.74) is 0.127. The lowest BCUT2D eigenvalue weighted by Gasteiger charge is -2.46. The average Bonchev–Trinajstić information content (AvgIpc) is 2.32. The Bertz CT molecular complexity index is 256. The third-order valence-corrected chi connectivity index (χ3v) is 4.49. The van der Waals surface area contributed by atoms with Crippen LogP contribution in [0.2, 0.25) is 0 Å². The minimum Gasteiger partial charge on any atom is -0.375 e. The highest BCUT2D eigenvalue weighted by Gasteiger charge is 2.43. The number of Topliss-reactive ketones (excluding diaryl/α,β-unsaturated/α-hetero) is 1. The van der Waals surface area contributed by atoms with Crippen molar-refractivity contribution in [2.24, 2.45) is 5.92 Å². The standard InChI is InChI=1S/C15H26O2/c1-2-3-4-5-7-14(16)13-8-11-17-15(12-13)9-6-10-15/h13H,2-12H2,1H3. The zero-order chi connectivity index (χ0) is 12.1. The Kier molecular flexibility index (Phi) is 4.61. The summed E-state index contributed by atoms with van der Waals surface area (Å²) in [4.78, 5) is 12.1. The fourth-order valence-corrected chi connectivity index (χ4v) is 3.15. The van der Waals surface area contributed by atoms with Crippen LogP contribution >= 0.6 is 0 Å². The van der Waals surface area contributed by atoms with Crippen LogP contribution < -0.4 is 0 Å². The second-order valence-corrected chi connectivity index (χ2v) is 5.85. The summed E-state index contributed by atoms with van der Waals surface area (Å²) < 4.78 is 5.87. The zero-order valence-corrected chi connectivity index (χ0v) is 11.2. The van der Waals surface area contributed by atoms with E-state index in [0.717, 1.165) is 32.3 Å². The number of hydrogen-bond acceptors (Lipinski definition) is 2. The Morgan fingerprint density at radius 1 is 1.29 bits per heavy atom. The third-order valence-electron chi connectivity index (χ3n) is 4.49. The summed E-state index contributed by atoms with van der Waals surface area (Å²) in [6.45, 7) is 3.02. The number of hydrogen-bond donors (Lipinski definition) is 0. The van der Waals surface area contributed by atoms with Crippen LogP contribution in [-0.2, 0) is 9.53 Å². The smallest absolute Gasteiger partial charge is 0.136 e. The summed E-state index contributed by atoms with van der Waals surface area (Å²) in [6, 6.07) is 0. The molecular formula is C15H26O2. The van der Waals surface area contributed by atoms with Gasteiger partial charge in [0.05, 0.1) is 5.60 Å². The summed E-state index contributed by atoms with van der Waals surface area (Å²) in [7, 11) is 0. The molecule has 0 aromatic carbocycles. The van der Waals surface area contributed by atoms with Gasteiger partial charge in [0.2, 0.25) is 0 Å². The maximum absolute atomic E-state index is 12.1. The number of rotatable bonds is 6. The molecule has 2 rings (SSSR count). The second kappa shape index (κ2) is 5.99. The molecule has 1 aliphatic carbocycles. The number of ether oxygens (including phenoxy) is 1. The van der Waals surface area contributed by atoms with Gasteiger partial charge in [0.15, 0.2) is 0 Å². The first-order valence-corrected chi connectivity index (χ1v) is 7.42. The predicted octanol–water partition coefficient (Wildman–Crippen LogP) is 3.88. The van der Waals surface area contributed by atoms with E-state index in [2.05, 4.69) is 6.92 Å². The van der Waals surface area contributed by atoms with E-state index in [9.17, 15) is 4.79 Å². The summed E-state index contributed by atoms with van der Waals surface area (Å²) in [6.07, 6.45) is 11.3. The molecule has 2 fully saturated rings. The van der Waals surface area contributed by atoms with Crippen LogP contribution in [0.25, 0.3) is 0 Å². The molecule has 2 aliphatic rings. The summed E-state index contributed by atoms with van der Waals surface area (Å²) >= 11 is 0. The monoisotopic (exact) mass is 238 g/mol. The van der Waals surface area contributed by atoms with Crippen molar-refractivity contribution in [1.82, 2.24) is 0 Å². The van der Waals surface area contributed by atoms with Crippen molar-refractivity contribution in [1.29, 1.82) is 0 Å². The van der Waals surface area contributed by atoms with Crippen molar-refractivity contribution in [3.05, 3.63) is 0 Å². The van der Waals surface area contributed by atoms with Crippen LogP contribution in [0.5, 0.6) is 0 Å². The summed E-state index contributed by atoms with van der Waals surface area (Å²) in [5, 5.41) is 0. The highest BCUT2D eigenvalue weighted by Crippen LogP contribution is 2.44. The van der Waals surface area contributed by atoms with Gasteiger partial charge < -0.3 is 4.74 Å². The molecular weight excluding hydrogens is 212 g/mol. The molecule has 1 saturated heterocycles. The Balaban J connectivity index is 1.71. The van der Waals surface area contributed by atoms with Gasteiger partial charge in [-0.05, 0) is 38.5 Å². The van der Waals surface area contributed by atoms with Crippen LogP contribution in [0.4, 0.5) is 0 Å². The Morgan fingerprint density at radius 2 is 2.12 bits per heavy atom. The van der Waals surface area contributed by atoms with Gasteiger partial charge in [-0.25, -0.2) is 0 Å². The molecule has 1 heterocycles. The Labute approximate surface area is 105 Å². The molecule has 0 bridgehead atoms. The number of carbonyl (C=O) groups is 1. The molecule has 17 heavy (non-hydrogen) atoms. The van der Waals surface area contributed by atoms with Gasteiger partial charge in [-0.1, -0.05) is 26.2 Å². The first kappa shape index (κ1) is 13.1. The number of carbonyl (C=O) groups excluding carboxylic acids is 1. The molecule has 0 aromatic rings. The van der Waals surface area contributed by atoms with Gasteiger partial charge in [0.1, 0.15) is 5.78 Å². The van der Waals surface area contributed by atoms with Crippen LogP contribution in [0, 0.1) is 5.92 Å². The highest BCUT2D eigenvalue weighted by atomic mass is 16.5. The topological polar surface area (TPSA) is 26.3 Å². The summed E-state index contributed by atoms with van der Waals surface area (Å²) in [5.74, 6) is 0.821. The van der Waals surface area contributed by atoms with Gasteiger partial charge in [-0.15, -0.1) is 0 Å². The molecule has 1 saturated carbocycles. The second-order valence-electron chi connectivity index (χ2n) is 5.85. The SMILES string of the molecule is CCCCCCC(=O)C1CCOC2(CCC2)C1. The lowest BCUT2D eigenvalue weighted by atomic mass is 9.71. The largest absolute Gasteiger partial charge is 0.375 e. The van der Waals surface area contributed by atoms with E-state index in [0.29, 0.717) is 11.7 Å². The third kappa shape index (κ3) is 3.31. The molecule has 1 unspecified atom stereocenters. The molecule has 98 valence electrons. The van der Waals surface area contributed by atoms with Crippen molar-refractivity contribution in [2.45, 2.75) is 76.7 Å². The van der Waals surface area contributed by atoms with Gasteiger partial charge in [0, 0.05) is 18.9 Å². The molecule has 0 aromatic heterocycles. The van der Waals surface area contributed by atoms with Crippen LogP contribution in [0.1, 0.15) is 71.1 Å². The van der Waals surface area contributed by atoms with E-state index in [-0.39, 0.29) is 5.60 Å². The van der Waals surface area contributed by atoms with Crippen LogP contribution in [0.15, 0.2) is 0 Å². The first-order valence-electron chi connectivity index (χ1n) is 7.42. The Morgan fingerprint density at radius 3 is 2.76 bits per heavy atom. The van der Waals surface area contributed by atoms with E-state index in [1.54, 1.807) is 0 Å². The molecule has 1 aliphatic heterocycles. The van der Waals surface area contributed by atoms with Crippen molar-refractivity contribution in [3.8, 4) is 0 Å². The first-order chi connectivity index (χ1) is 8.26. The minimum atomic E-state index is 0.127. The number of ketones is 1. The van der Waals surface area contributed by atoms with E-state index in [1.807, 2.05) is 0 Å². The normalized spacial score (nSPS) is 26.8. The Hall–Kier alpha value is -0.370. The fourth-order valence-electron chi connectivity index (χ4n) is 3.15. The lowest BCUT2D eigenvalue weighted by molar-refractivity contribution is -0.155. The zero-order valence-electron chi connectivity index (χ0n) is 11.2. The molecule has 1 atom stereocenters. The van der Waals surface area contributed by atoms with E-state index in [1.165, 1.54) is 38.5 Å². The lowest BCUT2D eigenvalue weighted by Crippen LogP contribution is -2.47. The van der Waals surface area contributed by atoms with E-state index >= 15 is 0 Å². The minimum absolute atomic E-state index is 0.127. The van der Waals surface area contributed by atoms with Crippen molar-refractivity contribution in [3.63, 3.8) is 0 Å². The van der Waals surface area contributed by atoms with E-state index < -0.39 is 0 Å². The van der Waals surface area contributed by atoms with Crippen molar-refractivity contribution in [2.75, 3.05) is 6.61 Å². The van der Waals surface area contributed by atoms with Gasteiger partial charge in [-0.2, -0.15) is 0 Å². The van der Waals surface area contributed by atoms with Crippen LogP contribution in [-0.4, -0.2) is 18.0 Å². The molecule has 2 nitrogen and oxygen atoms in total. The molecule has 2 heteroatoms. The maximum atomic E-state index is 12.1. The average molecular weight is 238 g/mol. The quantitative estimate of drug-likeness (QED) is 0.656. The predicted molar refractivity (Wildman–Crippen MR) is 69.0 cm³/mol. The highest BCUT2D eigenvalue weighted by molar-refractivity contribution is 5.81. The van der Waals surface area contributed by atoms with Crippen molar-refractivity contribution < 1.29 is 9.53 Å². The van der Waals surface area contributed by atoms with Gasteiger partial charge in [-0.3, -0.25) is 4.79 Å². The molecule has 0 N–H and O–H groups in total. The molecule has 0 radical (unpaired) electrons. The van der Waals surface area contributed by atoms with E-state index in [4.69, 9.17) is 4.74 Å². The maximum Gasteiger partial charge on any atom is 0.136 e. The molecule has 1 spiro atoms. The van der Waals surface area contributed by atoms with Crippen molar-refractivity contribution >= 4 is 5.78 Å². The molecule has 0 amide bonds.